The van der Waals surface area contributed by atoms with Gasteiger partial charge in [-0.1, -0.05) is 27.2 Å². The van der Waals surface area contributed by atoms with Crippen LogP contribution >= 0.6 is 11.3 Å². The van der Waals surface area contributed by atoms with E-state index in [1.165, 1.54) is 15.9 Å². The van der Waals surface area contributed by atoms with Gasteiger partial charge in [-0.15, -0.1) is 11.3 Å². The van der Waals surface area contributed by atoms with Gasteiger partial charge in [-0.2, -0.15) is 0 Å². The molecule has 0 spiro atoms. The number of aryl methyl sites for hydroxylation is 2. The molecule has 2 rings (SSSR count). The van der Waals surface area contributed by atoms with Crippen molar-refractivity contribution >= 4 is 27.5 Å². The van der Waals surface area contributed by atoms with Crippen LogP contribution in [0.5, 0.6) is 0 Å². The van der Waals surface area contributed by atoms with Crippen molar-refractivity contribution in [3.05, 3.63) is 26.6 Å². The van der Waals surface area contributed by atoms with E-state index in [0.717, 1.165) is 41.2 Å². The molecule has 0 amide bonds. The summed E-state index contributed by atoms with van der Waals surface area (Å²) in [5.41, 5.74) is 0.802. The predicted octanol–water partition coefficient (Wildman–Crippen LogP) is 3.26. The van der Waals surface area contributed by atoms with Crippen molar-refractivity contribution in [2.45, 2.75) is 60.5 Å². The van der Waals surface area contributed by atoms with Crippen LogP contribution in [0.2, 0.25) is 0 Å². The number of unbranched alkanes of at least 4 members (excludes halogenated alkanes) is 1. The number of ether oxygens (including phenoxy) is 1. The maximum atomic E-state index is 13.1. The molecule has 144 valence electrons. The summed E-state index contributed by atoms with van der Waals surface area (Å²) >= 11 is 1.53. The smallest absolute Gasteiger partial charge is 0.326 e. The molecular weight excluding hydrogens is 350 g/mol. The van der Waals surface area contributed by atoms with Crippen LogP contribution in [0.15, 0.2) is 4.79 Å². The van der Waals surface area contributed by atoms with E-state index in [4.69, 9.17) is 9.72 Å². The Morgan fingerprint density at radius 1 is 1.23 bits per heavy atom. The highest BCUT2D eigenvalue weighted by Gasteiger charge is 2.19. The highest BCUT2D eigenvalue weighted by Crippen LogP contribution is 2.26. The molecule has 0 fully saturated rings. The molecule has 0 aliphatic heterocycles. The van der Waals surface area contributed by atoms with E-state index in [9.17, 15) is 9.59 Å². The maximum absolute atomic E-state index is 13.1. The first-order valence-electron chi connectivity index (χ1n) is 9.30. The van der Waals surface area contributed by atoms with Gasteiger partial charge >= 0.3 is 5.97 Å². The zero-order chi connectivity index (χ0) is 19.3. The van der Waals surface area contributed by atoms with Crippen LogP contribution in [0.3, 0.4) is 0 Å². The molecule has 2 aromatic rings. The zero-order valence-electron chi connectivity index (χ0n) is 16.4. The van der Waals surface area contributed by atoms with Gasteiger partial charge in [0.25, 0.3) is 5.56 Å². The summed E-state index contributed by atoms with van der Waals surface area (Å²) in [6.07, 6.45) is 1.79. The van der Waals surface area contributed by atoms with Crippen LogP contribution < -0.4 is 5.56 Å². The van der Waals surface area contributed by atoms with Crippen molar-refractivity contribution in [1.29, 1.82) is 0 Å². The fourth-order valence-electron chi connectivity index (χ4n) is 2.81. The summed E-state index contributed by atoms with van der Waals surface area (Å²) in [5, 5.41) is 0.622. The second-order valence-electron chi connectivity index (χ2n) is 6.42. The first-order chi connectivity index (χ1) is 12.4. The number of carbonyl (C=O) groups is 1. The molecule has 0 radical (unpaired) electrons. The van der Waals surface area contributed by atoms with E-state index >= 15 is 0 Å². The van der Waals surface area contributed by atoms with Gasteiger partial charge in [0, 0.05) is 4.88 Å². The Bertz CT molecular complexity index is 822. The Morgan fingerprint density at radius 3 is 2.54 bits per heavy atom. The van der Waals surface area contributed by atoms with Crippen molar-refractivity contribution in [1.82, 2.24) is 14.5 Å². The van der Waals surface area contributed by atoms with Crippen LogP contribution in [0.25, 0.3) is 10.2 Å². The topological polar surface area (TPSA) is 64.4 Å². The van der Waals surface area contributed by atoms with Gasteiger partial charge in [0.1, 0.15) is 17.2 Å². The Hall–Kier alpha value is -1.73. The standard InChI is InChI=1S/C19H29N3O3S/c1-6-9-10-25-16(23)12-22-15(11-21(7-2)8-3)20-18-17(19(22)24)13(4)14(5)26-18/h6-12H2,1-5H3. The molecule has 0 aromatic carbocycles. The van der Waals surface area contributed by atoms with Crippen molar-refractivity contribution < 1.29 is 9.53 Å². The fraction of sp³-hybridized carbons (Fsp3) is 0.632. The molecule has 0 aliphatic carbocycles. The van der Waals surface area contributed by atoms with Crippen molar-refractivity contribution in [3.63, 3.8) is 0 Å². The molecule has 0 aliphatic rings. The number of hydrogen-bond acceptors (Lipinski definition) is 6. The average molecular weight is 380 g/mol. The Kier molecular flexibility index (Phi) is 7.34. The molecule has 0 N–H and O–H groups in total. The van der Waals surface area contributed by atoms with E-state index in [-0.39, 0.29) is 18.1 Å². The second kappa shape index (κ2) is 9.28. The minimum absolute atomic E-state index is 0.0869. The maximum Gasteiger partial charge on any atom is 0.326 e. The first-order valence-corrected chi connectivity index (χ1v) is 10.1. The third-order valence-electron chi connectivity index (χ3n) is 4.68. The van der Waals surface area contributed by atoms with Gasteiger partial charge in [0.15, 0.2) is 0 Å². The molecule has 0 saturated heterocycles. The number of esters is 1. The Labute approximate surface area is 158 Å². The molecular formula is C19H29N3O3S. The zero-order valence-corrected chi connectivity index (χ0v) is 17.2. The summed E-state index contributed by atoms with van der Waals surface area (Å²) in [6, 6.07) is 0. The van der Waals surface area contributed by atoms with Gasteiger partial charge < -0.3 is 4.74 Å². The highest BCUT2D eigenvalue weighted by atomic mass is 32.1. The largest absolute Gasteiger partial charge is 0.464 e. The molecule has 26 heavy (non-hydrogen) atoms. The lowest BCUT2D eigenvalue weighted by molar-refractivity contribution is -0.144. The number of aromatic nitrogens is 2. The van der Waals surface area contributed by atoms with E-state index in [1.807, 2.05) is 20.8 Å². The quantitative estimate of drug-likeness (QED) is 0.494. The number of nitrogens with zero attached hydrogens (tertiary/aromatic N) is 3. The summed E-state index contributed by atoms with van der Waals surface area (Å²) in [7, 11) is 0. The molecule has 0 unspecified atom stereocenters. The summed E-state index contributed by atoms with van der Waals surface area (Å²) in [6.45, 7) is 12.7. The van der Waals surface area contributed by atoms with Gasteiger partial charge in [0.2, 0.25) is 0 Å². The van der Waals surface area contributed by atoms with Crippen LogP contribution in [0.1, 0.15) is 49.9 Å². The Morgan fingerprint density at radius 2 is 1.92 bits per heavy atom. The number of thiophene rings is 1. The van der Waals surface area contributed by atoms with Crippen LogP contribution in [-0.4, -0.2) is 40.1 Å². The molecule has 7 heteroatoms. The van der Waals surface area contributed by atoms with Gasteiger partial charge in [-0.05, 0) is 38.9 Å². The molecule has 6 nitrogen and oxygen atoms in total. The molecule has 0 saturated carbocycles. The minimum atomic E-state index is -0.382. The molecule has 2 aromatic heterocycles. The summed E-state index contributed by atoms with van der Waals surface area (Å²) in [5.74, 6) is 0.243. The third kappa shape index (κ3) is 4.51. The average Bonchev–Trinajstić information content (AvgIpc) is 2.90. The molecule has 0 atom stereocenters. The summed E-state index contributed by atoms with van der Waals surface area (Å²) < 4.78 is 6.76. The Balaban J connectivity index is 2.45. The monoisotopic (exact) mass is 379 g/mol. The van der Waals surface area contributed by atoms with Crippen molar-refractivity contribution in [2.24, 2.45) is 0 Å². The summed E-state index contributed by atoms with van der Waals surface area (Å²) in [4.78, 5) is 34.1. The SMILES string of the molecule is CCCCOC(=O)Cn1c(CN(CC)CC)nc2sc(C)c(C)c2c1=O. The lowest BCUT2D eigenvalue weighted by Gasteiger charge is -2.20. The van der Waals surface area contributed by atoms with E-state index in [0.29, 0.717) is 24.4 Å². The molecule has 0 bridgehead atoms. The van der Waals surface area contributed by atoms with Crippen LogP contribution in [0.4, 0.5) is 0 Å². The predicted molar refractivity (Wildman–Crippen MR) is 106 cm³/mol. The normalized spacial score (nSPS) is 11.5. The van der Waals surface area contributed by atoms with Crippen molar-refractivity contribution in [2.75, 3.05) is 19.7 Å². The number of fused-ring (bicyclic) bond motifs is 1. The van der Waals surface area contributed by atoms with E-state index in [1.54, 1.807) is 0 Å². The number of hydrogen-bond donors (Lipinski definition) is 0. The van der Waals surface area contributed by atoms with Gasteiger partial charge in [-0.3, -0.25) is 19.1 Å². The van der Waals surface area contributed by atoms with Crippen molar-refractivity contribution in [3.8, 4) is 0 Å². The first kappa shape index (κ1) is 20.6. The van der Waals surface area contributed by atoms with Gasteiger partial charge in [-0.25, -0.2) is 4.98 Å². The van der Waals surface area contributed by atoms with E-state index < -0.39 is 0 Å². The lowest BCUT2D eigenvalue weighted by Crippen LogP contribution is -2.33. The van der Waals surface area contributed by atoms with E-state index in [2.05, 4.69) is 18.7 Å². The number of carbonyl (C=O) groups excluding carboxylic acids is 1. The van der Waals surface area contributed by atoms with Crippen LogP contribution in [0, 0.1) is 13.8 Å². The minimum Gasteiger partial charge on any atom is -0.464 e. The number of rotatable bonds is 9. The third-order valence-corrected chi connectivity index (χ3v) is 5.78. The second-order valence-corrected chi connectivity index (χ2v) is 7.62. The van der Waals surface area contributed by atoms with Crippen LogP contribution in [-0.2, 0) is 22.6 Å². The van der Waals surface area contributed by atoms with Gasteiger partial charge in [0.05, 0.1) is 18.5 Å². The lowest BCUT2D eigenvalue weighted by atomic mass is 10.2. The fourth-order valence-corrected chi connectivity index (χ4v) is 3.84. The molecule has 2 heterocycles. The highest BCUT2D eigenvalue weighted by molar-refractivity contribution is 7.18.